The van der Waals surface area contributed by atoms with Crippen LogP contribution in [0.1, 0.15) is 95.7 Å². The van der Waals surface area contributed by atoms with Crippen LogP contribution in [-0.4, -0.2) is 57.4 Å². The number of anilines is 3. The molecule has 0 unspecified atom stereocenters. The molecule has 0 aliphatic carbocycles. The lowest BCUT2D eigenvalue weighted by atomic mass is 9.87. The summed E-state index contributed by atoms with van der Waals surface area (Å²) in [7, 11) is 0. The molecule has 0 fully saturated rings. The molecule has 390 valence electrons. The Labute approximate surface area is 441 Å². The van der Waals surface area contributed by atoms with E-state index in [0.29, 0.717) is 91.2 Å². The number of hydrogen-bond acceptors (Lipinski definition) is 9. The third-order valence-corrected chi connectivity index (χ3v) is 12.0. The third-order valence-electron chi connectivity index (χ3n) is 12.0. The maximum Gasteiger partial charge on any atom is 0.248 e. The molecule has 3 aliphatic heterocycles. The van der Waals surface area contributed by atoms with Crippen LogP contribution in [0.3, 0.4) is 0 Å². The maximum absolute atomic E-state index is 12.1. The van der Waals surface area contributed by atoms with Crippen molar-refractivity contribution in [3.8, 4) is 34.5 Å². The summed E-state index contributed by atoms with van der Waals surface area (Å²) in [5.41, 5.74) is 9.20. The van der Waals surface area contributed by atoms with Gasteiger partial charge in [0.2, 0.25) is 17.7 Å². The van der Waals surface area contributed by atoms with E-state index < -0.39 is 0 Å². The van der Waals surface area contributed by atoms with Crippen molar-refractivity contribution in [2.24, 2.45) is 0 Å². The molecule has 0 atom stereocenters. The Balaban J connectivity index is 0.000000164. The van der Waals surface area contributed by atoms with E-state index >= 15 is 0 Å². The van der Waals surface area contributed by atoms with Crippen LogP contribution in [0.2, 0.25) is 0 Å². The predicted molar refractivity (Wildman–Crippen MR) is 301 cm³/mol. The Morgan fingerprint density at radius 2 is 0.560 bits per heavy atom. The monoisotopic (exact) mass is 1010 g/mol. The standard InChI is InChI=1S/3C21H23NO3/c3*1-21(2,3)16-7-4-15(5-8-16)6-11-20(23)22-17-9-10-18-19(14-17)25-13-12-24-18/h3*4-11,14H,12-13H2,1-3H3,(H,22,23)/b3*11-6+. The fourth-order valence-corrected chi connectivity index (χ4v) is 7.71. The Kier molecular flexibility index (Phi) is 17.9. The Morgan fingerprint density at radius 3 is 0.787 bits per heavy atom. The van der Waals surface area contributed by atoms with E-state index in [9.17, 15) is 14.4 Å². The summed E-state index contributed by atoms with van der Waals surface area (Å²) in [5, 5.41) is 8.51. The number of amides is 3. The molecule has 12 heteroatoms. The van der Waals surface area contributed by atoms with Crippen molar-refractivity contribution < 1.29 is 42.8 Å². The number of carbonyl (C=O) groups is 3. The van der Waals surface area contributed by atoms with Crippen LogP contribution in [0.15, 0.2) is 146 Å². The van der Waals surface area contributed by atoms with Crippen molar-refractivity contribution >= 4 is 53.0 Å². The van der Waals surface area contributed by atoms with Crippen molar-refractivity contribution in [1.82, 2.24) is 0 Å². The van der Waals surface area contributed by atoms with Crippen LogP contribution in [0.25, 0.3) is 18.2 Å². The van der Waals surface area contributed by atoms with E-state index in [-0.39, 0.29) is 34.0 Å². The van der Waals surface area contributed by atoms with Crippen LogP contribution in [0.4, 0.5) is 17.1 Å². The second-order valence-corrected chi connectivity index (χ2v) is 21.2. The first-order valence-electron chi connectivity index (χ1n) is 25.2. The Hall–Kier alpha value is -8.25. The number of benzene rings is 6. The lowest BCUT2D eigenvalue weighted by Crippen LogP contribution is -2.16. The molecule has 3 heterocycles. The van der Waals surface area contributed by atoms with Crippen molar-refractivity contribution in [3.05, 3.63) is 179 Å². The van der Waals surface area contributed by atoms with Crippen LogP contribution < -0.4 is 44.4 Å². The fourth-order valence-electron chi connectivity index (χ4n) is 7.71. The molecular formula is C63H69N3O9. The SMILES string of the molecule is CC(C)(C)c1ccc(/C=C/C(=O)Nc2ccc3c(c2)OCCO3)cc1.CC(C)(C)c1ccc(/C=C/C(=O)Nc2ccc3c(c2)OCCO3)cc1.CC(C)(C)c1ccc(/C=C/C(=O)Nc2ccc3c(c2)OCCO3)cc1. The average Bonchev–Trinajstić information content (AvgIpc) is 3.39. The summed E-state index contributed by atoms with van der Waals surface area (Å²) in [5.74, 6) is 3.54. The molecule has 6 aromatic carbocycles. The average molecular weight is 1010 g/mol. The fraction of sp³-hybridized carbons (Fsp3) is 0.286. The Morgan fingerprint density at radius 1 is 0.333 bits per heavy atom. The number of nitrogens with one attached hydrogen (secondary N) is 3. The van der Waals surface area contributed by atoms with E-state index in [2.05, 4.69) is 115 Å². The summed E-state index contributed by atoms with van der Waals surface area (Å²) < 4.78 is 33.0. The quantitative estimate of drug-likeness (QED) is 0.121. The van der Waals surface area contributed by atoms with Crippen molar-refractivity contribution in [2.45, 2.75) is 78.6 Å². The van der Waals surface area contributed by atoms with Crippen LogP contribution in [0.5, 0.6) is 34.5 Å². The first-order valence-corrected chi connectivity index (χ1v) is 25.2. The van der Waals surface area contributed by atoms with E-state index in [1.165, 1.54) is 34.9 Å². The highest BCUT2D eigenvalue weighted by Gasteiger charge is 2.17. The zero-order valence-electron chi connectivity index (χ0n) is 44.5. The van der Waals surface area contributed by atoms with E-state index in [1.54, 1.807) is 72.8 Å². The summed E-state index contributed by atoms with van der Waals surface area (Å²) >= 11 is 0. The Bertz CT molecular complexity index is 2680. The van der Waals surface area contributed by atoms with Crippen LogP contribution in [-0.2, 0) is 30.6 Å². The second-order valence-electron chi connectivity index (χ2n) is 21.2. The number of fused-ring (bicyclic) bond motifs is 3. The number of rotatable bonds is 9. The van der Waals surface area contributed by atoms with E-state index in [0.717, 1.165) is 16.7 Å². The molecule has 0 saturated carbocycles. The van der Waals surface area contributed by atoms with Gasteiger partial charge < -0.3 is 44.4 Å². The number of ether oxygens (including phenoxy) is 6. The van der Waals surface area contributed by atoms with Gasteiger partial charge in [-0.2, -0.15) is 0 Å². The maximum atomic E-state index is 12.1. The third kappa shape index (κ3) is 16.6. The van der Waals surface area contributed by atoms with Gasteiger partial charge in [-0.05, 0) is 104 Å². The van der Waals surface area contributed by atoms with Gasteiger partial charge in [0, 0.05) is 53.5 Å². The zero-order valence-corrected chi connectivity index (χ0v) is 44.5. The molecule has 0 radical (unpaired) electrons. The smallest absolute Gasteiger partial charge is 0.248 e. The molecular weight excluding hydrogens is 943 g/mol. The molecule has 0 saturated heterocycles. The van der Waals surface area contributed by atoms with Gasteiger partial charge in [-0.3, -0.25) is 14.4 Å². The van der Waals surface area contributed by atoms with Crippen molar-refractivity contribution in [2.75, 3.05) is 55.6 Å². The second kappa shape index (κ2) is 24.6. The normalized spacial score (nSPS) is 13.7. The number of hydrogen-bond donors (Lipinski definition) is 3. The highest BCUT2D eigenvalue weighted by atomic mass is 16.6. The molecule has 3 N–H and O–H groups in total. The summed E-state index contributed by atoms with van der Waals surface area (Å²) in [6.45, 7) is 22.8. The van der Waals surface area contributed by atoms with Gasteiger partial charge in [-0.15, -0.1) is 0 Å². The molecule has 3 amide bonds. The minimum Gasteiger partial charge on any atom is -0.486 e. The molecule has 0 spiro atoms. The molecule has 75 heavy (non-hydrogen) atoms. The largest absolute Gasteiger partial charge is 0.486 e. The minimum atomic E-state index is -0.184. The van der Waals surface area contributed by atoms with Gasteiger partial charge in [-0.1, -0.05) is 135 Å². The highest BCUT2D eigenvalue weighted by Crippen LogP contribution is 2.35. The van der Waals surface area contributed by atoms with Crippen LogP contribution >= 0.6 is 0 Å². The first-order chi connectivity index (χ1) is 35.7. The number of carbonyl (C=O) groups excluding carboxylic acids is 3. The van der Waals surface area contributed by atoms with Crippen molar-refractivity contribution in [1.29, 1.82) is 0 Å². The van der Waals surface area contributed by atoms with Gasteiger partial charge in [-0.25, -0.2) is 0 Å². The van der Waals surface area contributed by atoms with Gasteiger partial charge in [0.1, 0.15) is 39.6 Å². The molecule has 3 aliphatic rings. The van der Waals surface area contributed by atoms with Crippen molar-refractivity contribution in [3.63, 3.8) is 0 Å². The minimum absolute atomic E-state index is 0.123. The van der Waals surface area contributed by atoms with E-state index in [4.69, 9.17) is 28.4 Å². The summed E-state index contributed by atoms with van der Waals surface area (Å²) in [4.78, 5) is 36.3. The van der Waals surface area contributed by atoms with Gasteiger partial charge in [0.25, 0.3) is 0 Å². The van der Waals surface area contributed by atoms with Crippen LogP contribution in [0, 0.1) is 0 Å². The molecule has 12 nitrogen and oxygen atoms in total. The molecule has 6 aromatic rings. The molecule has 0 aromatic heterocycles. The highest BCUT2D eigenvalue weighted by molar-refractivity contribution is 6.03. The molecule has 0 bridgehead atoms. The zero-order chi connectivity index (χ0) is 53.6. The predicted octanol–water partition coefficient (Wildman–Crippen LogP) is 13.2. The topological polar surface area (TPSA) is 143 Å². The lowest BCUT2D eigenvalue weighted by Gasteiger charge is -2.19. The first kappa shape index (κ1) is 54.5. The van der Waals surface area contributed by atoms with Gasteiger partial charge in [0.05, 0.1) is 0 Å². The van der Waals surface area contributed by atoms with E-state index in [1.807, 2.05) is 36.4 Å². The molecule has 9 rings (SSSR count). The van der Waals surface area contributed by atoms with Gasteiger partial charge >= 0.3 is 0 Å². The summed E-state index contributed by atoms with van der Waals surface area (Å²) in [6, 6.07) is 40.9. The lowest BCUT2D eigenvalue weighted by molar-refractivity contribution is -0.112. The van der Waals surface area contributed by atoms with Gasteiger partial charge in [0.15, 0.2) is 34.5 Å². The summed E-state index contributed by atoms with van der Waals surface area (Å²) in [6.07, 6.45) is 10.0.